The minimum absolute atomic E-state index is 0.0223. The molecule has 38 heavy (non-hydrogen) atoms. The molecule has 7 nitrogen and oxygen atoms in total. The van der Waals surface area contributed by atoms with E-state index in [4.69, 9.17) is 0 Å². The van der Waals surface area contributed by atoms with Crippen molar-refractivity contribution in [2.75, 3.05) is 32.8 Å². The highest BCUT2D eigenvalue weighted by atomic mass is 79.9. The summed E-state index contributed by atoms with van der Waals surface area (Å²) in [7, 11) is 0. The van der Waals surface area contributed by atoms with Gasteiger partial charge < -0.3 is 19.8 Å². The Bertz CT molecular complexity index is 901. The standard InChI is InChI=1S/C29H46BrN3O4S/c1-7-11-15-32(14-10-4)28(37)25-29-17-21(30)24(38-29)22(26(35)31(12-8-2)13-9-3)23(29)27(36)33(25)20(18-34)16-19(5)6/h8,10,19-25,34H,2,4,7,9,11-18H2,1,3,5-6H3/t20-,21?,22+,23+,24+,25?,29?/m1/s1. The highest BCUT2D eigenvalue weighted by Gasteiger charge is 2.76. The highest BCUT2D eigenvalue weighted by Crippen LogP contribution is 2.68. The average molecular weight is 613 g/mol. The fourth-order valence-electron chi connectivity index (χ4n) is 6.74. The van der Waals surface area contributed by atoms with Crippen LogP contribution in [0.1, 0.15) is 59.8 Å². The lowest BCUT2D eigenvalue weighted by atomic mass is 9.70. The third-order valence-electron chi connectivity index (χ3n) is 8.19. The smallest absolute Gasteiger partial charge is 0.247 e. The topological polar surface area (TPSA) is 81.2 Å². The second-order valence-corrected chi connectivity index (χ2v) is 14.1. The number of fused-ring (bicyclic) bond motifs is 1. The first kappa shape index (κ1) is 31.2. The first-order valence-electron chi connectivity index (χ1n) is 14.2. The molecular weight excluding hydrogens is 566 g/mol. The fraction of sp³-hybridized carbons (Fsp3) is 0.759. The van der Waals surface area contributed by atoms with Crippen LogP contribution < -0.4 is 0 Å². The Balaban J connectivity index is 2.12. The number of carbonyl (C=O) groups is 3. The van der Waals surface area contributed by atoms with Crippen LogP contribution in [0.15, 0.2) is 25.3 Å². The maximum atomic E-state index is 14.4. The number of hydrogen-bond acceptors (Lipinski definition) is 5. The molecule has 3 fully saturated rings. The number of unbranched alkanes of at least 4 members (excludes halogenated alkanes) is 1. The van der Waals surface area contributed by atoms with E-state index in [1.165, 1.54) is 0 Å². The zero-order chi connectivity index (χ0) is 28.2. The Morgan fingerprint density at radius 2 is 1.79 bits per heavy atom. The van der Waals surface area contributed by atoms with Crippen molar-refractivity contribution in [2.24, 2.45) is 17.8 Å². The minimum atomic E-state index is -0.723. The van der Waals surface area contributed by atoms with Gasteiger partial charge in [-0.2, -0.15) is 0 Å². The number of alkyl halides is 1. The van der Waals surface area contributed by atoms with E-state index < -0.39 is 28.7 Å². The molecular formula is C29H46BrN3O4S. The maximum Gasteiger partial charge on any atom is 0.247 e. The van der Waals surface area contributed by atoms with Crippen molar-refractivity contribution >= 4 is 45.4 Å². The number of carbonyl (C=O) groups excluding carboxylic acids is 3. The van der Waals surface area contributed by atoms with Gasteiger partial charge in [0, 0.05) is 36.3 Å². The van der Waals surface area contributed by atoms with E-state index in [2.05, 4.69) is 49.9 Å². The van der Waals surface area contributed by atoms with E-state index in [9.17, 15) is 19.5 Å². The van der Waals surface area contributed by atoms with Gasteiger partial charge in [-0.1, -0.05) is 62.2 Å². The number of amides is 3. The lowest BCUT2D eigenvalue weighted by molar-refractivity contribution is -0.147. The second-order valence-electron chi connectivity index (χ2n) is 11.4. The lowest BCUT2D eigenvalue weighted by Gasteiger charge is -2.40. The molecule has 1 spiro atoms. The van der Waals surface area contributed by atoms with Crippen molar-refractivity contribution in [1.29, 1.82) is 0 Å². The number of nitrogens with zero attached hydrogens (tertiary/aromatic N) is 3. The van der Waals surface area contributed by atoms with Gasteiger partial charge in [-0.15, -0.1) is 24.9 Å². The summed E-state index contributed by atoms with van der Waals surface area (Å²) >= 11 is 5.51. The van der Waals surface area contributed by atoms with Crippen LogP contribution in [0.5, 0.6) is 0 Å². The summed E-state index contributed by atoms with van der Waals surface area (Å²) in [6, 6.07) is -1.20. The number of aliphatic hydroxyl groups is 1. The van der Waals surface area contributed by atoms with E-state index in [0.29, 0.717) is 39.0 Å². The Hall–Kier alpha value is -1.32. The van der Waals surface area contributed by atoms with Crippen LogP contribution in [-0.2, 0) is 14.4 Å². The van der Waals surface area contributed by atoms with E-state index in [-0.39, 0.29) is 40.3 Å². The SMILES string of the molecule is C=CCN(CCCC)C(=O)C1N([C@@H](CO)CC(C)C)C(=O)[C@@H]2[C@H](C(=O)N(CC=C)CCC)[C@H]3SC12CC3Br. The van der Waals surface area contributed by atoms with Crippen LogP contribution in [0.4, 0.5) is 0 Å². The molecule has 0 radical (unpaired) electrons. The van der Waals surface area contributed by atoms with Gasteiger partial charge in [-0.25, -0.2) is 0 Å². The van der Waals surface area contributed by atoms with Gasteiger partial charge in [0.15, 0.2) is 0 Å². The molecule has 3 unspecified atom stereocenters. The lowest BCUT2D eigenvalue weighted by Crippen LogP contribution is -2.58. The molecule has 0 aromatic carbocycles. The van der Waals surface area contributed by atoms with Crippen LogP contribution in [0, 0.1) is 17.8 Å². The van der Waals surface area contributed by atoms with Crippen LogP contribution in [0.2, 0.25) is 0 Å². The predicted octanol–water partition coefficient (Wildman–Crippen LogP) is 4.10. The van der Waals surface area contributed by atoms with Crippen LogP contribution in [0.25, 0.3) is 0 Å². The third-order valence-corrected chi connectivity index (χ3v) is 11.4. The van der Waals surface area contributed by atoms with E-state index in [0.717, 1.165) is 19.3 Å². The molecule has 3 aliphatic heterocycles. The number of likely N-dealkylation sites (tertiary alicyclic amines) is 1. The van der Waals surface area contributed by atoms with Gasteiger partial charge in [-0.05, 0) is 31.6 Å². The Labute approximate surface area is 241 Å². The van der Waals surface area contributed by atoms with Gasteiger partial charge in [0.2, 0.25) is 17.7 Å². The summed E-state index contributed by atoms with van der Waals surface area (Å²) in [5.74, 6) is -1.14. The highest BCUT2D eigenvalue weighted by molar-refractivity contribution is 9.09. The summed E-state index contributed by atoms with van der Waals surface area (Å²) in [4.78, 5) is 48.2. The van der Waals surface area contributed by atoms with Gasteiger partial charge in [-0.3, -0.25) is 14.4 Å². The minimum Gasteiger partial charge on any atom is -0.394 e. The van der Waals surface area contributed by atoms with E-state index in [1.807, 2.05) is 16.7 Å². The van der Waals surface area contributed by atoms with Crippen molar-refractivity contribution in [3.63, 3.8) is 0 Å². The largest absolute Gasteiger partial charge is 0.394 e. The molecule has 3 rings (SSSR count). The van der Waals surface area contributed by atoms with Gasteiger partial charge in [0.1, 0.15) is 6.04 Å². The van der Waals surface area contributed by atoms with Crippen molar-refractivity contribution < 1.29 is 19.5 Å². The monoisotopic (exact) mass is 611 g/mol. The molecule has 7 atom stereocenters. The molecule has 3 heterocycles. The summed E-state index contributed by atoms with van der Waals surface area (Å²) in [6.45, 7) is 17.8. The molecule has 3 saturated heterocycles. The van der Waals surface area contributed by atoms with Gasteiger partial charge >= 0.3 is 0 Å². The van der Waals surface area contributed by atoms with E-state index in [1.54, 1.807) is 28.8 Å². The van der Waals surface area contributed by atoms with E-state index >= 15 is 0 Å². The molecule has 1 N–H and O–H groups in total. The summed E-state index contributed by atoms with van der Waals surface area (Å²) in [5, 5.41) is 10.4. The van der Waals surface area contributed by atoms with Crippen LogP contribution in [-0.4, -0.2) is 97.2 Å². The van der Waals surface area contributed by atoms with Gasteiger partial charge in [0.25, 0.3) is 0 Å². The molecule has 9 heteroatoms. The average Bonchev–Trinajstić information content (AvgIpc) is 3.47. The van der Waals surface area contributed by atoms with Crippen molar-refractivity contribution in [1.82, 2.24) is 14.7 Å². The first-order chi connectivity index (χ1) is 18.1. The Morgan fingerprint density at radius 1 is 1.16 bits per heavy atom. The molecule has 214 valence electrons. The van der Waals surface area contributed by atoms with Gasteiger partial charge in [0.05, 0.1) is 29.2 Å². The zero-order valence-corrected chi connectivity index (χ0v) is 25.9. The number of aliphatic hydroxyl groups excluding tert-OH is 1. The number of hydrogen-bond donors (Lipinski definition) is 1. The van der Waals surface area contributed by atoms with Crippen LogP contribution >= 0.6 is 27.7 Å². The van der Waals surface area contributed by atoms with Crippen molar-refractivity contribution in [2.45, 2.75) is 86.7 Å². The Morgan fingerprint density at radius 3 is 2.32 bits per heavy atom. The van der Waals surface area contributed by atoms with Crippen LogP contribution in [0.3, 0.4) is 0 Å². The summed E-state index contributed by atoms with van der Waals surface area (Å²) < 4.78 is -0.713. The Kier molecular flexibility index (Phi) is 11.0. The molecule has 0 saturated carbocycles. The van der Waals surface area contributed by atoms with Crippen molar-refractivity contribution in [3.8, 4) is 0 Å². The van der Waals surface area contributed by atoms with Crippen molar-refractivity contribution in [3.05, 3.63) is 25.3 Å². The predicted molar refractivity (Wildman–Crippen MR) is 158 cm³/mol. The third kappa shape index (κ3) is 5.62. The molecule has 0 aromatic rings. The fourth-order valence-corrected chi connectivity index (χ4v) is 10.3. The molecule has 3 aliphatic rings. The maximum absolute atomic E-state index is 14.4. The molecule has 0 aliphatic carbocycles. The zero-order valence-electron chi connectivity index (χ0n) is 23.5. The molecule has 0 aromatic heterocycles. The number of thioether (sulfide) groups is 1. The molecule has 3 amide bonds. The molecule has 2 bridgehead atoms. The summed E-state index contributed by atoms with van der Waals surface area (Å²) in [5.41, 5.74) is 0. The number of rotatable bonds is 15. The second kappa shape index (κ2) is 13.4. The quantitative estimate of drug-likeness (QED) is 0.223. The summed E-state index contributed by atoms with van der Waals surface area (Å²) in [6.07, 6.45) is 7.32. The number of halogens is 1. The first-order valence-corrected chi connectivity index (χ1v) is 16.0. The normalized spacial score (nSPS) is 30.4.